The average molecular weight is 263 g/mol. The van der Waals surface area contributed by atoms with Gasteiger partial charge in [0.1, 0.15) is 5.75 Å². The maximum Gasteiger partial charge on any atom is 0.191 e. The summed E-state index contributed by atoms with van der Waals surface area (Å²) in [7, 11) is 0. The molecular weight excluding hydrogens is 238 g/mol. The number of hydrogen-bond acceptors (Lipinski definition) is 2. The van der Waals surface area contributed by atoms with Gasteiger partial charge in [0.15, 0.2) is 5.96 Å². The number of nitrogens with zero attached hydrogens (tertiary/aromatic N) is 2. The predicted octanol–water partition coefficient (Wildman–Crippen LogP) is 2.63. The molecule has 4 heteroatoms. The van der Waals surface area contributed by atoms with Gasteiger partial charge in [-0.3, -0.25) is 0 Å². The highest BCUT2D eigenvalue weighted by Crippen LogP contribution is 2.14. The molecule has 0 unspecified atom stereocenters. The van der Waals surface area contributed by atoms with Crippen molar-refractivity contribution in [3.8, 4) is 5.75 Å². The lowest BCUT2D eigenvalue weighted by molar-refractivity contribution is 0.242. The summed E-state index contributed by atoms with van der Waals surface area (Å²) in [5, 5.41) is 0. The highest BCUT2D eigenvalue weighted by Gasteiger charge is 2.02. The normalized spacial score (nSPS) is 11.7. The monoisotopic (exact) mass is 263 g/mol. The van der Waals surface area contributed by atoms with Gasteiger partial charge in [0.2, 0.25) is 0 Å². The molecule has 0 bridgehead atoms. The topological polar surface area (TPSA) is 50.8 Å². The fraction of sp³-hybridized carbons (Fsp3) is 0.533. The lowest BCUT2D eigenvalue weighted by Crippen LogP contribution is -2.37. The molecule has 0 spiro atoms. The lowest BCUT2D eigenvalue weighted by Gasteiger charge is -2.19. The first-order valence-corrected chi connectivity index (χ1v) is 6.87. The van der Waals surface area contributed by atoms with Crippen molar-refractivity contribution in [1.82, 2.24) is 4.90 Å². The van der Waals surface area contributed by atoms with Gasteiger partial charge in [0.05, 0.1) is 12.6 Å². The number of nitrogens with two attached hydrogens (primary N) is 1. The summed E-state index contributed by atoms with van der Waals surface area (Å²) in [5.74, 6) is 1.49. The van der Waals surface area contributed by atoms with Crippen LogP contribution in [0.25, 0.3) is 0 Å². The number of hydrogen-bond donors (Lipinski definition) is 1. The number of benzene rings is 1. The molecule has 0 aliphatic carbocycles. The molecule has 0 aliphatic heterocycles. The Morgan fingerprint density at radius 1 is 1.21 bits per heavy atom. The Labute approximate surface area is 116 Å². The van der Waals surface area contributed by atoms with Gasteiger partial charge in [-0.1, -0.05) is 12.1 Å². The molecule has 1 aromatic carbocycles. The SMILES string of the molecule is CCN(CC)C(N)=NCc1ccc(OC(C)C)cc1. The highest BCUT2D eigenvalue weighted by atomic mass is 16.5. The molecule has 0 heterocycles. The van der Waals surface area contributed by atoms with Crippen LogP contribution in [0.4, 0.5) is 0 Å². The standard InChI is InChI=1S/C15H25N3O/c1-5-18(6-2)15(16)17-11-13-7-9-14(10-8-13)19-12(3)4/h7-10,12H,5-6,11H2,1-4H3,(H2,16,17). The maximum absolute atomic E-state index is 5.93. The van der Waals surface area contributed by atoms with Crippen molar-refractivity contribution in [1.29, 1.82) is 0 Å². The van der Waals surface area contributed by atoms with Crippen LogP contribution in [0.1, 0.15) is 33.3 Å². The van der Waals surface area contributed by atoms with Crippen LogP contribution >= 0.6 is 0 Å². The molecule has 0 aliphatic rings. The van der Waals surface area contributed by atoms with Gasteiger partial charge >= 0.3 is 0 Å². The second-order valence-corrected chi connectivity index (χ2v) is 4.66. The van der Waals surface area contributed by atoms with Crippen LogP contribution in [0.3, 0.4) is 0 Å². The van der Waals surface area contributed by atoms with Crippen molar-refractivity contribution in [2.75, 3.05) is 13.1 Å². The third-order valence-corrected chi connectivity index (χ3v) is 2.81. The van der Waals surface area contributed by atoms with E-state index < -0.39 is 0 Å². The molecule has 0 saturated carbocycles. The summed E-state index contributed by atoms with van der Waals surface area (Å²) in [6, 6.07) is 7.99. The summed E-state index contributed by atoms with van der Waals surface area (Å²) >= 11 is 0. The lowest BCUT2D eigenvalue weighted by atomic mass is 10.2. The minimum atomic E-state index is 0.196. The Bertz CT molecular complexity index is 394. The number of ether oxygens (including phenoxy) is 1. The van der Waals surface area contributed by atoms with Crippen molar-refractivity contribution < 1.29 is 4.74 Å². The zero-order valence-corrected chi connectivity index (χ0v) is 12.4. The van der Waals surface area contributed by atoms with Crippen LogP contribution in [-0.2, 0) is 6.54 Å². The molecule has 1 aromatic rings. The van der Waals surface area contributed by atoms with E-state index >= 15 is 0 Å². The Hall–Kier alpha value is -1.71. The first-order valence-electron chi connectivity index (χ1n) is 6.87. The van der Waals surface area contributed by atoms with Crippen molar-refractivity contribution in [3.63, 3.8) is 0 Å². The first kappa shape index (κ1) is 15.3. The van der Waals surface area contributed by atoms with Crippen molar-refractivity contribution in [2.45, 2.75) is 40.3 Å². The van der Waals surface area contributed by atoms with Gasteiger partial charge in [0.25, 0.3) is 0 Å². The quantitative estimate of drug-likeness (QED) is 0.634. The van der Waals surface area contributed by atoms with E-state index in [1.54, 1.807) is 0 Å². The highest BCUT2D eigenvalue weighted by molar-refractivity contribution is 5.77. The van der Waals surface area contributed by atoms with Gasteiger partial charge in [-0.2, -0.15) is 0 Å². The number of aliphatic imine (C=N–C) groups is 1. The molecule has 0 radical (unpaired) electrons. The van der Waals surface area contributed by atoms with Crippen molar-refractivity contribution in [3.05, 3.63) is 29.8 Å². The Morgan fingerprint density at radius 3 is 2.26 bits per heavy atom. The summed E-state index contributed by atoms with van der Waals surface area (Å²) in [6.07, 6.45) is 0.196. The molecule has 19 heavy (non-hydrogen) atoms. The van der Waals surface area contributed by atoms with Crippen LogP contribution in [0.15, 0.2) is 29.3 Å². The third-order valence-electron chi connectivity index (χ3n) is 2.81. The smallest absolute Gasteiger partial charge is 0.191 e. The van der Waals surface area contributed by atoms with Crippen LogP contribution in [0.2, 0.25) is 0 Å². The van der Waals surface area contributed by atoms with E-state index in [4.69, 9.17) is 10.5 Å². The van der Waals surface area contributed by atoms with E-state index in [2.05, 4.69) is 18.8 Å². The first-order chi connectivity index (χ1) is 9.06. The molecule has 4 nitrogen and oxygen atoms in total. The van der Waals surface area contributed by atoms with Gasteiger partial charge in [-0.05, 0) is 45.4 Å². The van der Waals surface area contributed by atoms with E-state index in [0.717, 1.165) is 24.4 Å². The van der Waals surface area contributed by atoms with Gasteiger partial charge in [0, 0.05) is 13.1 Å². The second kappa shape index (κ2) is 7.67. The van der Waals surface area contributed by atoms with Crippen LogP contribution in [0, 0.1) is 0 Å². The largest absolute Gasteiger partial charge is 0.491 e. The fourth-order valence-corrected chi connectivity index (χ4v) is 1.77. The molecule has 0 saturated heterocycles. The molecule has 0 amide bonds. The van der Waals surface area contributed by atoms with Crippen LogP contribution in [-0.4, -0.2) is 30.1 Å². The van der Waals surface area contributed by atoms with Gasteiger partial charge in [-0.15, -0.1) is 0 Å². The van der Waals surface area contributed by atoms with Crippen molar-refractivity contribution >= 4 is 5.96 Å². The molecular formula is C15H25N3O. The van der Waals surface area contributed by atoms with E-state index in [9.17, 15) is 0 Å². The summed E-state index contributed by atoms with van der Waals surface area (Å²) in [4.78, 5) is 6.44. The zero-order chi connectivity index (χ0) is 14.3. The van der Waals surface area contributed by atoms with E-state index in [1.807, 2.05) is 43.0 Å². The Balaban J connectivity index is 2.60. The molecule has 106 valence electrons. The molecule has 0 fully saturated rings. The molecule has 1 rings (SSSR count). The number of rotatable bonds is 6. The summed E-state index contributed by atoms with van der Waals surface area (Å²) in [5.41, 5.74) is 7.06. The molecule has 2 N–H and O–H groups in total. The van der Waals surface area contributed by atoms with E-state index in [-0.39, 0.29) is 6.10 Å². The van der Waals surface area contributed by atoms with E-state index in [0.29, 0.717) is 12.5 Å². The minimum absolute atomic E-state index is 0.196. The van der Waals surface area contributed by atoms with Crippen molar-refractivity contribution in [2.24, 2.45) is 10.7 Å². The second-order valence-electron chi connectivity index (χ2n) is 4.66. The molecule has 0 aromatic heterocycles. The Kier molecular flexibility index (Phi) is 6.19. The Morgan fingerprint density at radius 2 is 1.79 bits per heavy atom. The zero-order valence-electron chi connectivity index (χ0n) is 12.4. The summed E-state index contributed by atoms with van der Waals surface area (Å²) in [6.45, 7) is 10.5. The van der Waals surface area contributed by atoms with E-state index in [1.165, 1.54) is 0 Å². The minimum Gasteiger partial charge on any atom is -0.491 e. The average Bonchev–Trinajstić information content (AvgIpc) is 2.38. The van der Waals surface area contributed by atoms with Gasteiger partial charge in [-0.25, -0.2) is 4.99 Å². The maximum atomic E-state index is 5.93. The fourth-order valence-electron chi connectivity index (χ4n) is 1.77. The summed E-state index contributed by atoms with van der Waals surface area (Å²) < 4.78 is 5.60. The predicted molar refractivity (Wildman–Crippen MR) is 80.5 cm³/mol. The van der Waals surface area contributed by atoms with Crippen LogP contribution in [0.5, 0.6) is 5.75 Å². The third kappa shape index (κ3) is 5.20. The van der Waals surface area contributed by atoms with Gasteiger partial charge < -0.3 is 15.4 Å². The number of guanidine groups is 1. The molecule has 0 atom stereocenters. The van der Waals surface area contributed by atoms with Crippen LogP contribution < -0.4 is 10.5 Å².